The monoisotopic (exact) mass is 312 g/mol. The van der Waals surface area contributed by atoms with Crippen LogP contribution in [0.3, 0.4) is 0 Å². The number of hydrogen-bond donors (Lipinski definition) is 4. The molecule has 0 fully saturated rings. The summed E-state index contributed by atoms with van der Waals surface area (Å²) in [7, 11) is 0. The highest BCUT2D eigenvalue weighted by Crippen LogP contribution is 2.20. The van der Waals surface area contributed by atoms with Crippen molar-refractivity contribution in [3.8, 4) is 0 Å². The largest absolute Gasteiger partial charge is 0.330 e. The average molecular weight is 312 g/mol. The Morgan fingerprint density at radius 2 is 1.65 bits per heavy atom. The summed E-state index contributed by atoms with van der Waals surface area (Å²) in [6.07, 6.45) is 0.256. The highest BCUT2D eigenvalue weighted by molar-refractivity contribution is 6.00. The van der Waals surface area contributed by atoms with Crippen molar-refractivity contribution in [3.05, 3.63) is 54.1 Å². The molecule has 0 saturated heterocycles. The number of anilines is 3. The summed E-state index contributed by atoms with van der Waals surface area (Å²) in [5.74, 6) is -0.151. The van der Waals surface area contributed by atoms with Crippen LogP contribution in [0.2, 0.25) is 0 Å². The second kappa shape index (κ2) is 7.95. The topological polar surface area (TPSA) is 96.2 Å². The van der Waals surface area contributed by atoms with Gasteiger partial charge in [0.15, 0.2) is 0 Å². The minimum absolute atomic E-state index is 0.151. The summed E-state index contributed by atoms with van der Waals surface area (Å²) in [6.45, 7) is 2.17. The lowest BCUT2D eigenvalue weighted by atomic mass is 10.1. The Morgan fingerprint density at radius 1 is 0.957 bits per heavy atom. The van der Waals surface area contributed by atoms with Gasteiger partial charge in [-0.05, 0) is 36.8 Å². The molecular formula is C17H20N4O2. The number of benzene rings is 2. The van der Waals surface area contributed by atoms with Crippen LogP contribution in [0, 0.1) is 6.92 Å². The molecule has 0 saturated carbocycles. The Bertz CT molecular complexity index is 686. The van der Waals surface area contributed by atoms with Gasteiger partial charge in [0, 0.05) is 30.0 Å². The third-order valence-corrected chi connectivity index (χ3v) is 3.17. The Morgan fingerprint density at radius 3 is 2.35 bits per heavy atom. The first kappa shape index (κ1) is 16.5. The van der Waals surface area contributed by atoms with Crippen molar-refractivity contribution in [2.45, 2.75) is 13.3 Å². The summed E-state index contributed by atoms with van der Waals surface area (Å²) in [5, 5.41) is 8.25. The van der Waals surface area contributed by atoms with Gasteiger partial charge in [-0.25, -0.2) is 4.79 Å². The van der Waals surface area contributed by atoms with E-state index >= 15 is 0 Å². The molecule has 2 aromatic rings. The van der Waals surface area contributed by atoms with Crippen LogP contribution in [0.1, 0.15) is 12.0 Å². The summed E-state index contributed by atoms with van der Waals surface area (Å²) < 4.78 is 0. The second-order valence-corrected chi connectivity index (χ2v) is 5.06. The number of hydrogen-bond acceptors (Lipinski definition) is 3. The van der Waals surface area contributed by atoms with Gasteiger partial charge in [0.1, 0.15) is 0 Å². The van der Waals surface area contributed by atoms with Crippen LogP contribution < -0.4 is 21.7 Å². The lowest BCUT2D eigenvalue weighted by molar-refractivity contribution is -0.116. The van der Waals surface area contributed by atoms with Crippen molar-refractivity contribution in [1.82, 2.24) is 0 Å². The number of amides is 3. The Kier molecular flexibility index (Phi) is 5.71. The molecule has 0 aliphatic heterocycles. The van der Waals surface area contributed by atoms with Crippen molar-refractivity contribution >= 4 is 29.0 Å². The number of nitrogens with one attached hydrogen (secondary N) is 3. The van der Waals surface area contributed by atoms with Gasteiger partial charge in [0.2, 0.25) is 5.91 Å². The molecule has 0 aromatic heterocycles. The number of aryl methyl sites for hydroxylation is 1. The van der Waals surface area contributed by atoms with Crippen LogP contribution >= 0.6 is 0 Å². The van der Waals surface area contributed by atoms with Gasteiger partial charge < -0.3 is 21.7 Å². The number of urea groups is 1. The normalized spacial score (nSPS) is 10.0. The van der Waals surface area contributed by atoms with Crippen LogP contribution in [-0.2, 0) is 4.79 Å². The van der Waals surface area contributed by atoms with Gasteiger partial charge in [0.05, 0.1) is 0 Å². The second-order valence-electron chi connectivity index (χ2n) is 5.06. The third-order valence-electron chi connectivity index (χ3n) is 3.17. The van der Waals surface area contributed by atoms with Crippen LogP contribution in [0.5, 0.6) is 0 Å². The van der Waals surface area contributed by atoms with Crippen molar-refractivity contribution in [2.75, 3.05) is 22.5 Å². The van der Waals surface area contributed by atoms with E-state index in [-0.39, 0.29) is 18.4 Å². The van der Waals surface area contributed by atoms with E-state index in [2.05, 4.69) is 16.0 Å². The van der Waals surface area contributed by atoms with Crippen LogP contribution in [0.15, 0.2) is 48.5 Å². The van der Waals surface area contributed by atoms with E-state index in [1.165, 1.54) is 0 Å². The standard InChI is InChI=1S/C17H20N4O2/c1-12-7-8-14(11-15(12)21-16(22)9-10-18)20-17(23)19-13-5-3-2-4-6-13/h2-8,11H,9-10,18H2,1H3,(H,21,22)(H2,19,20,23). The fraction of sp³-hybridized carbons (Fsp3) is 0.176. The molecule has 2 rings (SSSR count). The molecule has 0 atom stereocenters. The molecule has 23 heavy (non-hydrogen) atoms. The fourth-order valence-electron chi connectivity index (χ4n) is 1.99. The van der Waals surface area contributed by atoms with Crippen molar-refractivity contribution in [3.63, 3.8) is 0 Å². The number of para-hydroxylation sites is 1. The van der Waals surface area contributed by atoms with Crippen molar-refractivity contribution in [2.24, 2.45) is 5.73 Å². The lowest BCUT2D eigenvalue weighted by Gasteiger charge is -2.12. The highest BCUT2D eigenvalue weighted by Gasteiger charge is 2.07. The van der Waals surface area contributed by atoms with Gasteiger partial charge in [-0.3, -0.25) is 4.79 Å². The predicted octanol–water partition coefficient (Wildman–Crippen LogP) is 2.93. The average Bonchev–Trinajstić information content (AvgIpc) is 2.52. The van der Waals surface area contributed by atoms with E-state index < -0.39 is 0 Å². The van der Waals surface area contributed by atoms with Crippen LogP contribution in [0.25, 0.3) is 0 Å². The maximum Gasteiger partial charge on any atom is 0.323 e. The van der Waals surface area contributed by atoms with E-state index in [0.29, 0.717) is 23.6 Å². The minimum Gasteiger partial charge on any atom is -0.330 e. The van der Waals surface area contributed by atoms with Crippen molar-refractivity contribution in [1.29, 1.82) is 0 Å². The summed E-state index contributed by atoms with van der Waals surface area (Å²) in [4.78, 5) is 23.6. The molecule has 0 aliphatic rings. The zero-order valence-corrected chi connectivity index (χ0v) is 12.9. The molecule has 120 valence electrons. The molecule has 5 N–H and O–H groups in total. The Labute approximate surface area is 135 Å². The van der Waals surface area contributed by atoms with Crippen molar-refractivity contribution < 1.29 is 9.59 Å². The van der Waals surface area contributed by atoms with E-state index in [9.17, 15) is 9.59 Å². The maximum atomic E-state index is 12.0. The van der Waals surface area contributed by atoms with Crippen LogP contribution in [-0.4, -0.2) is 18.5 Å². The lowest BCUT2D eigenvalue weighted by Crippen LogP contribution is -2.20. The fourth-order valence-corrected chi connectivity index (χ4v) is 1.99. The van der Waals surface area contributed by atoms with Gasteiger partial charge in [-0.1, -0.05) is 24.3 Å². The first-order valence-electron chi connectivity index (χ1n) is 7.32. The van der Waals surface area contributed by atoms with Crippen LogP contribution in [0.4, 0.5) is 21.9 Å². The number of nitrogens with two attached hydrogens (primary N) is 1. The smallest absolute Gasteiger partial charge is 0.323 e. The van der Waals surface area contributed by atoms with Gasteiger partial charge in [-0.15, -0.1) is 0 Å². The first-order chi connectivity index (χ1) is 11.1. The summed E-state index contributed by atoms with van der Waals surface area (Å²) in [6, 6.07) is 14.1. The molecule has 3 amide bonds. The van der Waals surface area contributed by atoms with E-state index in [1.54, 1.807) is 24.3 Å². The van der Waals surface area contributed by atoms with E-state index in [0.717, 1.165) is 5.56 Å². The highest BCUT2D eigenvalue weighted by atomic mass is 16.2. The molecule has 0 aliphatic carbocycles. The molecular weight excluding hydrogens is 292 g/mol. The molecule has 6 nitrogen and oxygen atoms in total. The number of carbonyl (C=O) groups is 2. The SMILES string of the molecule is Cc1ccc(NC(=O)Nc2ccccc2)cc1NC(=O)CCN. The zero-order valence-electron chi connectivity index (χ0n) is 12.9. The molecule has 6 heteroatoms. The van der Waals surface area contributed by atoms with Gasteiger partial charge in [-0.2, -0.15) is 0 Å². The predicted molar refractivity (Wildman–Crippen MR) is 92.6 cm³/mol. The quantitative estimate of drug-likeness (QED) is 0.683. The molecule has 0 spiro atoms. The van der Waals surface area contributed by atoms with E-state index in [4.69, 9.17) is 5.73 Å². The maximum absolute atomic E-state index is 12.0. The Hall–Kier alpha value is -2.86. The zero-order chi connectivity index (χ0) is 16.7. The molecule has 0 unspecified atom stereocenters. The molecule has 0 bridgehead atoms. The summed E-state index contributed by atoms with van der Waals surface area (Å²) >= 11 is 0. The third kappa shape index (κ3) is 5.12. The molecule has 0 radical (unpaired) electrons. The Balaban J connectivity index is 2.02. The molecule has 2 aromatic carbocycles. The van der Waals surface area contributed by atoms with E-state index in [1.807, 2.05) is 31.2 Å². The number of rotatable bonds is 5. The minimum atomic E-state index is -0.348. The first-order valence-corrected chi connectivity index (χ1v) is 7.32. The molecule has 0 heterocycles. The van der Waals surface area contributed by atoms with Gasteiger partial charge in [0.25, 0.3) is 0 Å². The van der Waals surface area contributed by atoms with Gasteiger partial charge >= 0.3 is 6.03 Å². The summed E-state index contributed by atoms with van der Waals surface area (Å²) in [5.41, 5.74) is 8.22. The number of carbonyl (C=O) groups excluding carboxylic acids is 2.